The van der Waals surface area contributed by atoms with Crippen LogP contribution in [0.1, 0.15) is 36.9 Å². The molecular formula is C17H19BrO5S. The van der Waals surface area contributed by atoms with Gasteiger partial charge >= 0.3 is 5.97 Å². The zero-order valence-corrected chi connectivity index (χ0v) is 16.4. The first-order chi connectivity index (χ1) is 11.2. The Balaban J connectivity index is 2.17. The van der Waals surface area contributed by atoms with Gasteiger partial charge in [-0.05, 0) is 60.3 Å². The maximum Gasteiger partial charge on any atom is 0.314 e. The average molecular weight is 415 g/mol. The lowest BCUT2D eigenvalue weighted by Gasteiger charge is -2.18. The Kier molecular flexibility index (Phi) is 6.01. The van der Waals surface area contributed by atoms with Crippen molar-refractivity contribution < 1.29 is 23.8 Å². The van der Waals surface area contributed by atoms with Gasteiger partial charge in [0.1, 0.15) is 17.8 Å². The van der Waals surface area contributed by atoms with E-state index < -0.39 is 11.6 Å². The number of ether oxygens (including phenoxy) is 3. The number of ketones is 1. The first-order valence-corrected chi connectivity index (χ1v) is 8.90. The molecule has 0 radical (unpaired) electrons. The summed E-state index contributed by atoms with van der Waals surface area (Å²) in [6, 6.07) is 5.49. The Bertz CT molecular complexity index is 760. The van der Waals surface area contributed by atoms with Gasteiger partial charge in [0.05, 0.1) is 9.35 Å². The fourth-order valence-corrected chi connectivity index (χ4v) is 3.49. The summed E-state index contributed by atoms with van der Waals surface area (Å²) in [7, 11) is 1.55. The molecule has 2 rings (SSSR count). The summed E-state index contributed by atoms with van der Waals surface area (Å²) in [6.45, 7) is 5.45. The van der Waals surface area contributed by atoms with Crippen LogP contribution in [0.15, 0.2) is 22.7 Å². The number of thiophene rings is 1. The zero-order chi connectivity index (χ0) is 17.9. The van der Waals surface area contributed by atoms with E-state index in [0.29, 0.717) is 10.6 Å². The molecule has 0 spiro atoms. The van der Waals surface area contributed by atoms with Gasteiger partial charge in [-0.2, -0.15) is 0 Å². The highest BCUT2D eigenvalue weighted by Gasteiger charge is 2.21. The molecule has 1 heterocycles. The highest BCUT2D eigenvalue weighted by molar-refractivity contribution is 9.10. The average Bonchev–Trinajstić information content (AvgIpc) is 2.85. The second-order valence-electron chi connectivity index (χ2n) is 6.17. The SMILES string of the molecule is COCOc1cc2sc(C(=O)CC(=O)OC(C)(C)C)cc2cc1Br. The smallest absolute Gasteiger partial charge is 0.314 e. The summed E-state index contributed by atoms with van der Waals surface area (Å²) < 4.78 is 17.2. The quantitative estimate of drug-likeness (QED) is 0.300. The molecule has 0 aliphatic carbocycles. The molecule has 1 aromatic carbocycles. The highest BCUT2D eigenvalue weighted by Crippen LogP contribution is 2.35. The molecule has 7 heteroatoms. The Hall–Kier alpha value is -1.44. The molecule has 0 aliphatic heterocycles. The number of carbonyl (C=O) groups excluding carboxylic acids is 2. The molecular weight excluding hydrogens is 396 g/mol. The molecule has 0 saturated heterocycles. The molecule has 0 bridgehead atoms. The molecule has 0 fully saturated rings. The van der Waals surface area contributed by atoms with E-state index in [1.165, 1.54) is 11.3 Å². The number of hydrogen-bond donors (Lipinski definition) is 0. The normalized spacial score (nSPS) is 11.5. The highest BCUT2D eigenvalue weighted by atomic mass is 79.9. The summed E-state index contributed by atoms with van der Waals surface area (Å²) in [6.07, 6.45) is -0.266. The third kappa shape index (κ3) is 5.03. The van der Waals surface area contributed by atoms with E-state index in [1.54, 1.807) is 33.9 Å². The Labute approximate surface area is 153 Å². The van der Waals surface area contributed by atoms with Crippen LogP contribution >= 0.6 is 27.3 Å². The van der Waals surface area contributed by atoms with Crippen LogP contribution < -0.4 is 4.74 Å². The van der Waals surface area contributed by atoms with E-state index >= 15 is 0 Å². The lowest BCUT2D eigenvalue weighted by atomic mass is 10.1. The van der Waals surface area contributed by atoms with Crippen LogP contribution in [-0.2, 0) is 14.3 Å². The fourth-order valence-electron chi connectivity index (χ4n) is 2.01. The number of methoxy groups -OCH3 is 1. The van der Waals surface area contributed by atoms with Crippen molar-refractivity contribution in [1.29, 1.82) is 0 Å². The van der Waals surface area contributed by atoms with Crippen LogP contribution in [0, 0.1) is 0 Å². The number of rotatable bonds is 6. The minimum atomic E-state index is -0.601. The standard InChI is InChI=1S/C17H19BrO5S/c1-17(2,3)23-16(20)7-12(19)15-6-10-5-11(18)13(22-9-21-4)8-14(10)24-15/h5-6,8H,7,9H2,1-4H3. The number of benzene rings is 1. The van der Waals surface area contributed by atoms with Gasteiger partial charge < -0.3 is 14.2 Å². The van der Waals surface area contributed by atoms with Gasteiger partial charge in [-0.3, -0.25) is 9.59 Å². The van der Waals surface area contributed by atoms with Crippen molar-refractivity contribution in [2.45, 2.75) is 32.8 Å². The predicted octanol–water partition coefficient (Wildman–Crippen LogP) is 4.56. The Morgan fingerprint density at radius 1 is 1.21 bits per heavy atom. The van der Waals surface area contributed by atoms with Gasteiger partial charge in [0.2, 0.25) is 0 Å². The van der Waals surface area contributed by atoms with Gasteiger partial charge in [-0.1, -0.05) is 0 Å². The molecule has 2 aromatic rings. The van der Waals surface area contributed by atoms with Crippen LogP contribution in [0.5, 0.6) is 5.75 Å². The largest absolute Gasteiger partial charge is 0.466 e. The van der Waals surface area contributed by atoms with Gasteiger partial charge in [0, 0.05) is 11.8 Å². The fraction of sp³-hybridized carbons (Fsp3) is 0.412. The van der Waals surface area contributed by atoms with Crippen LogP contribution in [-0.4, -0.2) is 31.3 Å². The number of Topliss-reactive ketones (excluding diaryl/α,β-unsaturated/α-hetero) is 1. The van der Waals surface area contributed by atoms with E-state index in [0.717, 1.165) is 14.6 Å². The molecule has 130 valence electrons. The molecule has 5 nitrogen and oxygen atoms in total. The molecule has 0 aliphatic rings. The minimum Gasteiger partial charge on any atom is -0.466 e. The first kappa shape index (κ1) is 18.9. The van der Waals surface area contributed by atoms with E-state index in [-0.39, 0.29) is 19.0 Å². The van der Waals surface area contributed by atoms with Crippen molar-refractivity contribution in [3.63, 3.8) is 0 Å². The second-order valence-corrected chi connectivity index (χ2v) is 8.11. The zero-order valence-electron chi connectivity index (χ0n) is 14.0. The van der Waals surface area contributed by atoms with Crippen LogP contribution in [0.2, 0.25) is 0 Å². The third-order valence-electron chi connectivity index (χ3n) is 2.90. The van der Waals surface area contributed by atoms with Gasteiger partial charge in [-0.25, -0.2) is 0 Å². The number of fused-ring (bicyclic) bond motifs is 1. The van der Waals surface area contributed by atoms with Gasteiger partial charge in [-0.15, -0.1) is 11.3 Å². The van der Waals surface area contributed by atoms with Crippen molar-refractivity contribution in [3.8, 4) is 5.75 Å². The number of carbonyl (C=O) groups is 2. The molecule has 24 heavy (non-hydrogen) atoms. The number of hydrogen-bond acceptors (Lipinski definition) is 6. The van der Waals surface area contributed by atoms with Crippen molar-refractivity contribution in [3.05, 3.63) is 27.5 Å². The second kappa shape index (κ2) is 7.63. The maximum atomic E-state index is 12.3. The van der Waals surface area contributed by atoms with Crippen LogP contribution in [0.25, 0.3) is 10.1 Å². The van der Waals surface area contributed by atoms with E-state index in [4.69, 9.17) is 14.2 Å². The Morgan fingerprint density at radius 2 is 1.92 bits per heavy atom. The van der Waals surface area contributed by atoms with Crippen LogP contribution in [0.3, 0.4) is 0 Å². The van der Waals surface area contributed by atoms with Crippen molar-refractivity contribution >= 4 is 49.1 Å². The van der Waals surface area contributed by atoms with Crippen molar-refractivity contribution in [2.75, 3.05) is 13.9 Å². The molecule has 0 saturated carbocycles. The monoisotopic (exact) mass is 414 g/mol. The topological polar surface area (TPSA) is 61.8 Å². The van der Waals surface area contributed by atoms with E-state index in [9.17, 15) is 9.59 Å². The summed E-state index contributed by atoms with van der Waals surface area (Å²) in [5.74, 6) is -0.131. The maximum absolute atomic E-state index is 12.3. The van der Waals surface area contributed by atoms with E-state index in [1.807, 2.05) is 12.1 Å². The minimum absolute atomic E-state index is 0.139. The summed E-state index contributed by atoms with van der Waals surface area (Å²) in [5.41, 5.74) is -0.601. The van der Waals surface area contributed by atoms with Gasteiger partial charge in [0.25, 0.3) is 0 Å². The molecule has 0 N–H and O–H groups in total. The van der Waals surface area contributed by atoms with Gasteiger partial charge in [0.15, 0.2) is 12.6 Å². The van der Waals surface area contributed by atoms with Crippen molar-refractivity contribution in [1.82, 2.24) is 0 Å². The third-order valence-corrected chi connectivity index (χ3v) is 4.66. The number of esters is 1. The summed E-state index contributed by atoms with van der Waals surface area (Å²) in [4.78, 5) is 24.6. The lowest BCUT2D eigenvalue weighted by molar-refractivity contribution is -0.153. The predicted molar refractivity (Wildman–Crippen MR) is 96.8 cm³/mol. The summed E-state index contributed by atoms with van der Waals surface area (Å²) in [5, 5.41) is 0.907. The first-order valence-electron chi connectivity index (χ1n) is 7.29. The molecule has 1 aromatic heterocycles. The number of halogens is 1. The molecule has 0 unspecified atom stereocenters. The van der Waals surface area contributed by atoms with Crippen molar-refractivity contribution in [2.24, 2.45) is 0 Å². The van der Waals surface area contributed by atoms with E-state index in [2.05, 4.69) is 15.9 Å². The molecule has 0 atom stereocenters. The van der Waals surface area contributed by atoms with Crippen LogP contribution in [0.4, 0.5) is 0 Å². The summed E-state index contributed by atoms with van der Waals surface area (Å²) >= 11 is 4.75. The molecule has 0 amide bonds. The lowest BCUT2D eigenvalue weighted by Crippen LogP contribution is -2.25. The Morgan fingerprint density at radius 3 is 2.54 bits per heavy atom.